The standard InChI is InChI=1S/C14H16N2O2/c1-9(2)15-14(18)16-12-7-3-6-11-10(12)5-4-8-13(11)17/h3-9,17H,1-2H3,(H2,15,16,18). The molecule has 0 aliphatic heterocycles. The Morgan fingerprint density at radius 3 is 2.50 bits per heavy atom. The van der Waals surface area contributed by atoms with Crippen molar-refractivity contribution in [2.45, 2.75) is 19.9 Å². The Morgan fingerprint density at radius 2 is 1.78 bits per heavy atom. The Balaban J connectivity index is 2.34. The number of aromatic hydroxyl groups is 1. The first-order valence-electron chi connectivity index (χ1n) is 5.86. The van der Waals surface area contributed by atoms with Crippen molar-refractivity contribution in [2.75, 3.05) is 5.32 Å². The number of fused-ring (bicyclic) bond motifs is 1. The summed E-state index contributed by atoms with van der Waals surface area (Å²) in [7, 11) is 0. The summed E-state index contributed by atoms with van der Waals surface area (Å²) in [6, 6.07) is 10.5. The molecule has 4 nitrogen and oxygen atoms in total. The van der Waals surface area contributed by atoms with E-state index >= 15 is 0 Å². The van der Waals surface area contributed by atoms with Gasteiger partial charge in [-0.3, -0.25) is 0 Å². The summed E-state index contributed by atoms with van der Waals surface area (Å²) in [5.41, 5.74) is 0.682. The lowest BCUT2D eigenvalue weighted by molar-refractivity contribution is 0.250. The average Bonchev–Trinajstić information content (AvgIpc) is 2.29. The Kier molecular flexibility index (Phi) is 3.37. The molecule has 2 aromatic rings. The second-order valence-electron chi connectivity index (χ2n) is 4.43. The molecule has 0 bridgehead atoms. The SMILES string of the molecule is CC(C)NC(=O)Nc1cccc2c(O)cccc12. The molecule has 0 saturated heterocycles. The van der Waals surface area contributed by atoms with Crippen molar-refractivity contribution in [1.29, 1.82) is 0 Å². The van der Waals surface area contributed by atoms with E-state index in [0.29, 0.717) is 5.69 Å². The number of urea groups is 1. The second kappa shape index (κ2) is 4.96. The summed E-state index contributed by atoms with van der Waals surface area (Å²) in [4.78, 5) is 11.7. The van der Waals surface area contributed by atoms with Crippen LogP contribution in [0.2, 0.25) is 0 Å². The van der Waals surface area contributed by atoms with E-state index in [1.54, 1.807) is 18.2 Å². The van der Waals surface area contributed by atoms with Crippen LogP contribution < -0.4 is 10.6 Å². The Hall–Kier alpha value is -2.23. The molecule has 2 aromatic carbocycles. The van der Waals surface area contributed by atoms with Crippen molar-refractivity contribution in [2.24, 2.45) is 0 Å². The van der Waals surface area contributed by atoms with E-state index in [9.17, 15) is 9.90 Å². The molecular formula is C14H16N2O2. The van der Waals surface area contributed by atoms with Crippen LogP contribution >= 0.6 is 0 Å². The third-order valence-electron chi connectivity index (χ3n) is 2.57. The van der Waals surface area contributed by atoms with Crippen molar-refractivity contribution in [1.82, 2.24) is 5.32 Å². The Labute approximate surface area is 106 Å². The van der Waals surface area contributed by atoms with E-state index < -0.39 is 0 Å². The summed E-state index contributed by atoms with van der Waals surface area (Å²) in [5, 5.41) is 16.8. The Morgan fingerprint density at radius 1 is 1.11 bits per heavy atom. The molecule has 2 rings (SSSR count). The maximum Gasteiger partial charge on any atom is 0.319 e. The van der Waals surface area contributed by atoms with Crippen LogP contribution in [0.1, 0.15) is 13.8 Å². The largest absolute Gasteiger partial charge is 0.507 e. The zero-order chi connectivity index (χ0) is 13.1. The van der Waals surface area contributed by atoms with Gasteiger partial charge in [0.2, 0.25) is 0 Å². The van der Waals surface area contributed by atoms with Gasteiger partial charge in [0.05, 0.1) is 5.69 Å². The normalized spacial score (nSPS) is 10.6. The van der Waals surface area contributed by atoms with Gasteiger partial charge in [0.15, 0.2) is 0 Å². The minimum Gasteiger partial charge on any atom is -0.507 e. The molecule has 18 heavy (non-hydrogen) atoms. The van der Waals surface area contributed by atoms with Gasteiger partial charge in [-0.1, -0.05) is 24.3 Å². The van der Waals surface area contributed by atoms with Crippen molar-refractivity contribution in [3.8, 4) is 5.75 Å². The second-order valence-corrected chi connectivity index (χ2v) is 4.43. The van der Waals surface area contributed by atoms with E-state index in [0.717, 1.165) is 10.8 Å². The lowest BCUT2D eigenvalue weighted by atomic mass is 10.1. The predicted octanol–water partition coefficient (Wildman–Crippen LogP) is 3.08. The van der Waals surface area contributed by atoms with E-state index in [2.05, 4.69) is 10.6 Å². The molecule has 0 heterocycles. The summed E-state index contributed by atoms with van der Waals surface area (Å²) in [6.07, 6.45) is 0. The van der Waals surface area contributed by atoms with Crippen LogP contribution in [-0.4, -0.2) is 17.2 Å². The molecule has 0 aliphatic carbocycles. The van der Waals surface area contributed by atoms with Crippen LogP contribution in [0.15, 0.2) is 36.4 Å². The first-order valence-corrected chi connectivity index (χ1v) is 5.86. The minimum atomic E-state index is -0.249. The molecule has 0 spiro atoms. The number of hydrogen-bond acceptors (Lipinski definition) is 2. The van der Waals surface area contributed by atoms with Gasteiger partial charge in [0, 0.05) is 16.8 Å². The third-order valence-corrected chi connectivity index (χ3v) is 2.57. The van der Waals surface area contributed by atoms with Gasteiger partial charge in [0.25, 0.3) is 0 Å². The molecule has 0 atom stereocenters. The molecule has 0 radical (unpaired) electrons. The molecule has 94 valence electrons. The molecule has 3 N–H and O–H groups in total. The van der Waals surface area contributed by atoms with Crippen LogP contribution in [0, 0.1) is 0 Å². The molecule has 4 heteroatoms. The fourth-order valence-corrected chi connectivity index (χ4v) is 1.82. The number of anilines is 1. The van der Waals surface area contributed by atoms with Gasteiger partial charge in [0.1, 0.15) is 5.75 Å². The van der Waals surface area contributed by atoms with Gasteiger partial charge in [-0.05, 0) is 26.0 Å². The minimum absolute atomic E-state index is 0.0772. The fraction of sp³-hybridized carbons (Fsp3) is 0.214. The summed E-state index contributed by atoms with van der Waals surface area (Å²) >= 11 is 0. The average molecular weight is 244 g/mol. The van der Waals surface area contributed by atoms with Gasteiger partial charge in [-0.2, -0.15) is 0 Å². The summed E-state index contributed by atoms with van der Waals surface area (Å²) < 4.78 is 0. The number of phenols is 1. The molecule has 0 fully saturated rings. The highest BCUT2D eigenvalue weighted by molar-refractivity contribution is 6.03. The zero-order valence-electron chi connectivity index (χ0n) is 10.4. The van der Waals surface area contributed by atoms with Crippen LogP contribution in [0.3, 0.4) is 0 Å². The topological polar surface area (TPSA) is 61.4 Å². The summed E-state index contributed by atoms with van der Waals surface area (Å²) in [6.45, 7) is 3.79. The van der Waals surface area contributed by atoms with Gasteiger partial charge < -0.3 is 15.7 Å². The molecular weight excluding hydrogens is 228 g/mol. The van der Waals surface area contributed by atoms with Gasteiger partial charge in [-0.25, -0.2) is 4.79 Å². The number of phenolic OH excluding ortho intramolecular Hbond substituents is 1. The van der Waals surface area contributed by atoms with E-state index in [1.807, 2.05) is 32.0 Å². The smallest absolute Gasteiger partial charge is 0.319 e. The number of nitrogens with one attached hydrogen (secondary N) is 2. The van der Waals surface area contributed by atoms with Gasteiger partial charge >= 0.3 is 6.03 Å². The highest BCUT2D eigenvalue weighted by atomic mass is 16.3. The number of hydrogen-bond donors (Lipinski definition) is 3. The van der Waals surface area contributed by atoms with Crippen molar-refractivity contribution in [3.63, 3.8) is 0 Å². The van der Waals surface area contributed by atoms with Crippen LogP contribution in [0.5, 0.6) is 5.75 Å². The number of carbonyl (C=O) groups excluding carboxylic acids is 1. The Bertz CT molecular complexity index is 579. The zero-order valence-corrected chi connectivity index (χ0v) is 10.4. The maximum atomic E-state index is 11.7. The lowest BCUT2D eigenvalue weighted by Crippen LogP contribution is -2.34. The molecule has 0 aromatic heterocycles. The highest BCUT2D eigenvalue weighted by Gasteiger charge is 2.07. The number of benzene rings is 2. The number of rotatable bonds is 2. The lowest BCUT2D eigenvalue weighted by Gasteiger charge is -2.12. The van der Waals surface area contributed by atoms with Crippen molar-refractivity contribution >= 4 is 22.5 Å². The van der Waals surface area contributed by atoms with E-state index in [-0.39, 0.29) is 17.8 Å². The monoisotopic (exact) mass is 244 g/mol. The van der Waals surface area contributed by atoms with Crippen molar-refractivity contribution < 1.29 is 9.90 Å². The third kappa shape index (κ3) is 2.53. The molecule has 0 saturated carbocycles. The number of carbonyl (C=O) groups is 1. The fourth-order valence-electron chi connectivity index (χ4n) is 1.82. The van der Waals surface area contributed by atoms with Crippen LogP contribution in [0.4, 0.5) is 10.5 Å². The highest BCUT2D eigenvalue weighted by Crippen LogP contribution is 2.29. The summed E-state index contributed by atoms with van der Waals surface area (Å²) in [5.74, 6) is 0.209. The molecule has 2 amide bonds. The molecule has 0 unspecified atom stereocenters. The van der Waals surface area contributed by atoms with Crippen molar-refractivity contribution in [3.05, 3.63) is 36.4 Å². The first-order chi connectivity index (χ1) is 8.58. The van der Waals surface area contributed by atoms with E-state index in [1.165, 1.54) is 0 Å². The maximum absolute atomic E-state index is 11.7. The number of amides is 2. The predicted molar refractivity (Wildman–Crippen MR) is 72.9 cm³/mol. The first kappa shape index (κ1) is 12.2. The van der Waals surface area contributed by atoms with E-state index in [4.69, 9.17) is 0 Å². The van der Waals surface area contributed by atoms with Crippen LogP contribution in [-0.2, 0) is 0 Å². The van der Waals surface area contributed by atoms with Crippen LogP contribution in [0.25, 0.3) is 10.8 Å². The quantitative estimate of drug-likeness (QED) is 0.760. The van der Waals surface area contributed by atoms with Gasteiger partial charge in [-0.15, -0.1) is 0 Å². The molecule has 0 aliphatic rings.